The first-order chi connectivity index (χ1) is 20.3. The predicted octanol–water partition coefficient (Wildman–Crippen LogP) is 5.39. The smallest absolute Gasteiger partial charge is 0.337 e. The van der Waals surface area contributed by atoms with Crippen molar-refractivity contribution in [1.29, 1.82) is 0 Å². The molecule has 1 saturated heterocycles. The van der Waals surface area contributed by atoms with Crippen LogP contribution in [0.3, 0.4) is 0 Å². The van der Waals surface area contributed by atoms with Crippen LogP contribution in [0.15, 0.2) is 61.1 Å². The van der Waals surface area contributed by atoms with Gasteiger partial charge in [0, 0.05) is 96.6 Å². The van der Waals surface area contributed by atoms with E-state index in [2.05, 4.69) is 21.8 Å². The number of aromatic carboxylic acids is 1. The van der Waals surface area contributed by atoms with Crippen LogP contribution >= 0.6 is 0 Å². The molecule has 9 nitrogen and oxygen atoms in total. The number of carbonyl (C=O) groups excluding carboxylic acids is 2. The zero-order valence-corrected chi connectivity index (χ0v) is 26.3. The molecular weight excluding hydrogens is 557 g/mol. The number of rotatable bonds is 6. The number of hydrogen-bond donors (Lipinski definition) is 1. The van der Waals surface area contributed by atoms with E-state index >= 15 is 0 Å². The number of likely N-dealkylation sites (tertiary alicyclic amines) is 1. The second-order valence-corrected chi connectivity index (χ2v) is 11.4. The number of piperidine rings is 1. The maximum atomic E-state index is 13.7. The number of aromatic nitrogens is 2. The van der Waals surface area contributed by atoms with Gasteiger partial charge in [-0.25, -0.2) is 4.79 Å². The van der Waals surface area contributed by atoms with Gasteiger partial charge in [0.25, 0.3) is 5.91 Å². The Morgan fingerprint density at radius 1 is 1.05 bits per heavy atom. The molecule has 4 aromatic rings. The Kier molecular flexibility index (Phi) is 7.83. The first kappa shape index (κ1) is 29.4. The van der Waals surface area contributed by atoms with Gasteiger partial charge in [0.2, 0.25) is 0 Å². The van der Waals surface area contributed by atoms with Crippen LogP contribution in [0.2, 0.25) is 0 Å². The summed E-state index contributed by atoms with van der Waals surface area (Å²) in [6.45, 7) is 3.44. The second-order valence-electron chi connectivity index (χ2n) is 11.4. The molecule has 3 aliphatic rings. The first-order valence-electron chi connectivity index (χ1n) is 14.5. The first-order valence-corrected chi connectivity index (χ1v) is 14.5. The van der Waals surface area contributed by atoms with Crippen LogP contribution in [-0.2, 0) is 0 Å². The van der Waals surface area contributed by atoms with Crippen molar-refractivity contribution in [2.45, 2.75) is 50.7 Å². The molecule has 1 aliphatic carbocycles. The molecule has 1 spiro atoms. The van der Waals surface area contributed by atoms with Crippen LogP contribution in [0.5, 0.6) is 11.5 Å². The predicted molar refractivity (Wildman–Crippen MR) is 161 cm³/mol. The number of hydrogen-bond acceptors (Lipinski definition) is 6. The summed E-state index contributed by atoms with van der Waals surface area (Å²) >= 11 is 0. The SMILES string of the molecule is CCOc1cc(C(=O)N2CCC3(CC2)CC(=O)c2cc(-c4cncc(C(=O)O)c4)ccc2O3)cc2c1ccn2C1CC1.[Na]. The van der Waals surface area contributed by atoms with Gasteiger partial charge in [-0.05, 0) is 61.7 Å². The van der Waals surface area contributed by atoms with Crippen LogP contribution in [-0.4, -0.2) is 92.1 Å². The van der Waals surface area contributed by atoms with E-state index in [9.17, 15) is 19.5 Å². The summed E-state index contributed by atoms with van der Waals surface area (Å²) in [5, 5.41) is 10.3. The standard InChI is InChI=1S/C33H31N3O6.Na/c1-2-41-30-16-21(15-27-25(30)7-10-36(27)24-4-5-24)31(38)35-11-8-33(9-12-35)17-28(37)26-14-20(3-6-29(26)42-33)22-13-23(32(39)40)19-34-18-22;/h3,6-7,10,13-16,18-19,24H,2,4-5,8-9,11-12,17H2,1H3,(H,39,40);. The van der Waals surface area contributed by atoms with E-state index in [1.807, 2.05) is 30.0 Å². The number of carboxylic acids is 1. The fourth-order valence-electron chi connectivity index (χ4n) is 6.26. The average molecular weight is 589 g/mol. The average Bonchev–Trinajstić information content (AvgIpc) is 3.75. The third-order valence-corrected chi connectivity index (χ3v) is 8.66. The largest absolute Gasteiger partial charge is 0.493 e. The summed E-state index contributed by atoms with van der Waals surface area (Å²) in [6.07, 6.45) is 8.60. The fourth-order valence-corrected chi connectivity index (χ4v) is 6.26. The van der Waals surface area contributed by atoms with Crippen LogP contribution < -0.4 is 9.47 Å². The summed E-state index contributed by atoms with van der Waals surface area (Å²) < 4.78 is 14.7. The fraction of sp³-hybridized carbons (Fsp3) is 0.333. The number of Topliss-reactive ketones (excluding diaryl/α,β-unsaturated/α-hetero) is 1. The Hall–Kier alpha value is -3.66. The Bertz CT molecular complexity index is 1750. The van der Waals surface area contributed by atoms with Crippen molar-refractivity contribution in [3.63, 3.8) is 0 Å². The molecule has 0 bridgehead atoms. The molecular formula is C33H31N3NaO6. The summed E-state index contributed by atoms with van der Waals surface area (Å²) in [6, 6.07) is 13.3. The number of carbonyl (C=O) groups is 3. The number of nitrogens with zero attached hydrogens (tertiary/aromatic N) is 3. The normalized spacial score (nSPS) is 17.2. The van der Waals surface area contributed by atoms with Gasteiger partial charge in [-0.1, -0.05) is 6.07 Å². The summed E-state index contributed by atoms with van der Waals surface area (Å²) in [4.78, 5) is 44.3. The van der Waals surface area contributed by atoms with Gasteiger partial charge in [0.05, 0.1) is 29.7 Å². The Morgan fingerprint density at radius 2 is 1.84 bits per heavy atom. The van der Waals surface area contributed by atoms with Crippen molar-refractivity contribution < 1.29 is 29.0 Å². The van der Waals surface area contributed by atoms with E-state index in [0.29, 0.717) is 66.6 Å². The van der Waals surface area contributed by atoms with E-state index in [0.717, 1.165) is 29.5 Å². The van der Waals surface area contributed by atoms with Crippen molar-refractivity contribution in [3.05, 3.63) is 77.7 Å². The van der Waals surface area contributed by atoms with E-state index < -0.39 is 11.6 Å². The monoisotopic (exact) mass is 588 g/mol. The van der Waals surface area contributed by atoms with Crippen LogP contribution in [0.4, 0.5) is 0 Å². The van der Waals surface area contributed by atoms with Crippen LogP contribution in [0.1, 0.15) is 76.1 Å². The Labute approximate surface area is 271 Å². The van der Waals surface area contributed by atoms with Crippen molar-refractivity contribution in [2.75, 3.05) is 19.7 Å². The third-order valence-electron chi connectivity index (χ3n) is 8.66. The summed E-state index contributed by atoms with van der Waals surface area (Å²) in [5.41, 5.74) is 2.87. The molecule has 10 heteroatoms. The van der Waals surface area contributed by atoms with E-state index in [1.165, 1.54) is 12.3 Å². The van der Waals surface area contributed by atoms with Gasteiger partial charge in [0.1, 0.15) is 17.1 Å². The maximum absolute atomic E-state index is 13.7. The number of ketones is 1. The Morgan fingerprint density at radius 3 is 2.56 bits per heavy atom. The van der Waals surface area contributed by atoms with Gasteiger partial charge in [-0.3, -0.25) is 14.6 Å². The molecule has 215 valence electrons. The summed E-state index contributed by atoms with van der Waals surface area (Å²) in [5.74, 6) is 0.129. The van der Waals surface area contributed by atoms with E-state index in [1.54, 1.807) is 18.3 Å². The molecule has 1 N–H and O–H groups in total. The van der Waals surface area contributed by atoms with Crippen molar-refractivity contribution >= 4 is 58.1 Å². The molecule has 2 aromatic heterocycles. The van der Waals surface area contributed by atoms with E-state index in [4.69, 9.17) is 9.47 Å². The van der Waals surface area contributed by atoms with Gasteiger partial charge in [-0.15, -0.1) is 0 Å². The number of amides is 1. The molecule has 2 aromatic carbocycles. The second kappa shape index (κ2) is 11.4. The van der Waals surface area contributed by atoms with Crippen LogP contribution in [0.25, 0.3) is 22.0 Å². The minimum atomic E-state index is -1.06. The third kappa shape index (κ3) is 5.46. The van der Waals surface area contributed by atoms with Crippen molar-refractivity contribution in [2.24, 2.45) is 0 Å². The van der Waals surface area contributed by atoms with Gasteiger partial charge >= 0.3 is 5.97 Å². The molecule has 1 saturated carbocycles. The molecule has 7 rings (SSSR count). The molecule has 1 amide bonds. The van der Waals surface area contributed by atoms with Gasteiger partial charge in [0.15, 0.2) is 5.78 Å². The zero-order valence-electron chi connectivity index (χ0n) is 24.3. The Balaban J connectivity index is 0.00000329. The number of benzene rings is 2. The molecule has 2 aliphatic heterocycles. The topological polar surface area (TPSA) is 111 Å². The molecule has 4 heterocycles. The number of carboxylic acid groups (broad SMARTS) is 1. The van der Waals surface area contributed by atoms with Crippen LogP contribution in [0, 0.1) is 0 Å². The molecule has 1 radical (unpaired) electrons. The summed E-state index contributed by atoms with van der Waals surface area (Å²) in [7, 11) is 0. The van der Waals surface area contributed by atoms with Crippen molar-refractivity contribution in [3.8, 4) is 22.6 Å². The number of ether oxygens (including phenoxy) is 2. The number of fused-ring (bicyclic) bond motifs is 2. The quantitative estimate of drug-likeness (QED) is 0.301. The molecule has 0 atom stereocenters. The van der Waals surface area contributed by atoms with Gasteiger partial charge in [-0.2, -0.15) is 0 Å². The number of pyridine rings is 1. The van der Waals surface area contributed by atoms with Gasteiger partial charge < -0.3 is 24.0 Å². The molecule has 43 heavy (non-hydrogen) atoms. The van der Waals surface area contributed by atoms with Crippen molar-refractivity contribution in [1.82, 2.24) is 14.5 Å². The minimum absolute atomic E-state index is 0. The molecule has 2 fully saturated rings. The zero-order chi connectivity index (χ0) is 29.0. The molecule has 0 unspecified atom stereocenters. The minimum Gasteiger partial charge on any atom is -0.493 e. The maximum Gasteiger partial charge on any atom is 0.337 e. The van der Waals surface area contributed by atoms with E-state index in [-0.39, 0.29) is 53.2 Å².